The van der Waals surface area contributed by atoms with E-state index < -0.39 is 0 Å². The molecule has 7 heteroatoms. The van der Waals surface area contributed by atoms with E-state index in [0.29, 0.717) is 11.0 Å². The molecular weight excluding hydrogens is 218 g/mol. The predicted octanol–water partition coefficient (Wildman–Crippen LogP) is 1.76. The van der Waals surface area contributed by atoms with Crippen molar-refractivity contribution in [1.29, 1.82) is 0 Å². The van der Waals surface area contributed by atoms with Crippen LogP contribution in [0.2, 0.25) is 0 Å². The van der Waals surface area contributed by atoms with Crippen molar-refractivity contribution in [3.63, 3.8) is 0 Å². The number of nitrogens with two attached hydrogens (primary N) is 1. The first kappa shape index (κ1) is 9.47. The fraction of sp³-hybridized carbons (Fsp3) is 0.429. The van der Waals surface area contributed by atoms with Crippen molar-refractivity contribution in [3.8, 4) is 9.88 Å². The Morgan fingerprint density at radius 1 is 1.21 bits per heavy atom. The number of nitrogens with zero attached hydrogens (tertiary/aromatic N) is 4. The highest BCUT2D eigenvalue weighted by molar-refractivity contribution is 7.21. The summed E-state index contributed by atoms with van der Waals surface area (Å²) in [6, 6.07) is 0. The van der Waals surface area contributed by atoms with Gasteiger partial charge in [0.15, 0.2) is 5.01 Å². The Bertz CT molecular complexity index is 433. The molecule has 0 bridgehead atoms. The Balaban J connectivity index is 2.46. The van der Waals surface area contributed by atoms with Crippen LogP contribution in [0.5, 0.6) is 0 Å². The molecule has 2 aromatic heterocycles. The van der Waals surface area contributed by atoms with E-state index in [4.69, 9.17) is 5.73 Å². The van der Waals surface area contributed by atoms with Gasteiger partial charge in [-0.25, -0.2) is 0 Å². The van der Waals surface area contributed by atoms with E-state index in [1.165, 1.54) is 22.9 Å². The van der Waals surface area contributed by atoms with Gasteiger partial charge in [-0.05, 0) is 17.5 Å². The average molecular weight is 227 g/mol. The molecule has 0 amide bonds. The maximum Gasteiger partial charge on any atom is 0.203 e. The van der Waals surface area contributed by atoms with Crippen molar-refractivity contribution < 1.29 is 0 Å². The summed E-state index contributed by atoms with van der Waals surface area (Å²) in [5, 5.41) is 13.1. The van der Waals surface area contributed by atoms with Crippen LogP contribution < -0.4 is 5.73 Å². The van der Waals surface area contributed by atoms with Crippen molar-refractivity contribution in [1.82, 2.24) is 19.8 Å². The van der Waals surface area contributed by atoms with Crippen molar-refractivity contribution in [2.24, 2.45) is 0 Å². The SMILES string of the molecule is CC(C)c1nnsc1-c1nnc(N)s1. The number of anilines is 1. The van der Waals surface area contributed by atoms with Crippen LogP contribution in [0.1, 0.15) is 25.5 Å². The van der Waals surface area contributed by atoms with E-state index in [0.717, 1.165) is 15.6 Å². The first-order valence-corrected chi connectivity index (χ1v) is 5.69. The van der Waals surface area contributed by atoms with Crippen LogP contribution in [0.15, 0.2) is 0 Å². The van der Waals surface area contributed by atoms with E-state index in [1.54, 1.807) is 0 Å². The molecule has 0 aliphatic heterocycles. The van der Waals surface area contributed by atoms with Gasteiger partial charge in [0.25, 0.3) is 0 Å². The van der Waals surface area contributed by atoms with E-state index in [1.807, 2.05) is 0 Å². The number of aromatic nitrogens is 4. The Hall–Kier alpha value is -1.08. The first-order valence-electron chi connectivity index (χ1n) is 4.10. The molecular formula is C7H9N5S2. The van der Waals surface area contributed by atoms with Gasteiger partial charge >= 0.3 is 0 Å². The second kappa shape index (κ2) is 3.58. The normalized spacial score (nSPS) is 11.1. The van der Waals surface area contributed by atoms with E-state index in [-0.39, 0.29) is 0 Å². The van der Waals surface area contributed by atoms with Gasteiger partial charge in [0.2, 0.25) is 5.13 Å². The summed E-state index contributed by atoms with van der Waals surface area (Å²) in [7, 11) is 0. The van der Waals surface area contributed by atoms with E-state index >= 15 is 0 Å². The molecule has 0 fully saturated rings. The highest BCUT2D eigenvalue weighted by Gasteiger charge is 2.16. The molecule has 0 aromatic carbocycles. The molecule has 2 heterocycles. The van der Waals surface area contributed by atoms with Crippen LogP contribution in [0.4, 0.5) is 5.13 Å². The molecule has 2 aromatic rings. The second-order valence-electron chi connectivity index (χ2n) is 3.09. The third-order valence-corrected chi connectivity index (χ3v) is 3.34. The maximum absolute atomic E-state index is 5.52. The molecule has 0 unspecified atom stereocenters. The number of rotatable bonds is 2. The number of hydrogen-bond donors (Lipinski definition) is 1. The topological polar surface area (TPSA) is 77.6 Å². The molecule has 0 atom stereocenters. The zero-order valence-corrected chi connectivity index (χ0v) is 9.39. The van der Waals surface area contributed by atoms with Crippen molar-refractivity contribution >= 4 is 28.0 Å². The van der Waals surface area contributed by atoms with Crippen molar-refractivity contribution in [2.75, 3.05) is 5.73 Å². The lowest BCUT2D eigenvalue weighted by molar-refractivity contribution is 0.813. The van der Waals surface area contributed by atoms with Crippen LogP contribution in [0.3, 0.4) is 0 Å². The summed E-state index contributed by atoms with van der Waals surface area (Å²) >= 11 is 2.70. The molecule has 2 N–H and O–H groups in total. The second-order valence-corrected chi connectivity index (χ2v) is 4.85. The minimum absolute atomic E-state index is 0.342. The average Bonchev–Trinajstić information content (AvgIpc) is 2.70. The van der Waals surface area contributed by atoms with E-state index in [9.17, 15) is 0 Å². The molecule has 0 aliphatic carbocycles. The third-order valence-electron chi connectivity index (χ3n) is 1.70. The molecule has 74 valence electrons. The van der Waals surface area contributed by atoms with Gasteiger partial charge in [-0.1, -0.05) is 29.7 Å². The lowest BCUT2D eigenvalue weighted by atomic mass is 10.1. The van der Waals surface area contributed by atoms with Crippen LogP contribution >= 0.6 is 22.9 Å². The zero-order chi connectivity index (χ0) is 10.1. The minimum atomic E-state index is 0.342. The van der Waals surface area contributed by atoms with Crippen LogP contribution in [0, 0.1) is 0 Å². The van der Waals surface area contributed by atoms with Gasteiger partial charge in [-0.15, -0.1) is 15.3 Å². The molecule has 0 aliphatic rings. The van der Waals surface area contributed by atoms with Gasteiger partial charge < -0.3 is 5.73 Å². The van der Waals surface area contributed by atoms with Gasteiger partial charge in [0, 0.05) is 0 Å². The largest absolute Gasteiger partial charge is 0.374 e. The lowest BCUT2D eigenvalue weighted by Crippen LogP contribution is -1.90. The quantitative estimate of drug-likeness (QED) is 0.845. The number of hydrogen-bond acceptors (Lipinski definition) is 7. The first-order chi connectivity index (χ1) is 6.68. The molecule has 14 heavy (non-hydrogen) atoms. The molecule has 0 radical (unpaired) electrons. The summed E-state index contributed by atoms with van der Waals surface area (Å²) in [4.78, 5) is 0.981. The smallest absolute Gasteiger partial charge is 0.203 e. The monoisotopic (exact) mass is 227 g/mol. The third kappa shape index (κ3) is 1.60. The Labute approximate surface area is 89.2 Å². The van der Waals surface area contributed by atoms with Gasteiger partial charge in [0.05, 0.1) is 5.69 Å². The molecule has 2 rings (SSSR count). The zero-order valence-electron chi connectivity index (χ0n) is 7.76. The molecule has 0 saturated carbocycles. The standard InChI is InChI=1S/C7H9N5S2/c1-3(2)4-5(14-12-9-4)6-10-11-7(8)13-6/h3H,1-2H3,(H2,8,11). The molecule has 0 saturated heterocycles. The highest BCUT2D eigenvalue weighted by atomic mass is 32.1. The fourth-order valence-electron chi connectivity index (χ4n) is 1.05. The van der Waals surface area contributed by atoms with E-state index in [2.05, 4.69) is 33.6 Å². The minimum Gasteiger partial charge on any atom is -0.374 e. The molecule has 0 spiro atoms. The summed E-state index contributed by atoms with van der Waals surface area (Å²) in [6.07, 6.45) is 0. The molecule has 5 nitrogen and oxygen atoms in total. The fourth-order valence-corrected chi connectivity index (χ4v) is 2.54. The Morgan fingerprint density at radius 2 is 2.00 bits per heavy atom. The summed E-state index contributed by atoms with van der Waals surface area (Å²) in [6.45, 7) is 4.15. The summed E-state index contributed by atoms with van der Waals surface area (Å²) < 4.78 is 3.92. The number of nitrogen functional groups attached to an aromatic ring is 1. The van der Waals surface area contributed by atoms with Crippen molar-refractivity contribution in [2.45, 2.75) is 19.8 Å². The highest BCUT2D eigenvalue weighted by Crippen LogP contribution is 2.32. The van der Waals surface area contributed by atoms with Crippen LogP contribution in [-0.4, -0.2) is 19.8 Å². The van der Waals surface area contributed by atoms with Gasteiger partial charge in [-0.2, -0.15) is 0 Å². The Kier molecular flexibility index (Phi) is 2.42. The summed E-state index contributed by atoms with van der Waals surface area (Å²) in [5.74, 6) is 0.342. The predicted molar refractivity (Wildman–Crippen MR) is 57.3 cm³/mol. The van der Waals surface area contributed by atoms with Crippen LogP contribution in [-0.2, 0) is 0 Å². The Morgan fingerprint density at radius 3 is 2.57 bits per heavy atom. The summed E-state index contributed by atoms with van der Waals surface area (Å²) in [5.41, 5.74) is 6.48. The lowest BCUT2D eigenvalue weighted by Gasteiger charge is -1.99. The van der Waals surface area contributed by atoms with Crippen molar-refractivity contribution in [3.05, 3.63) is 5.69 Å². The maximum atomic E-state index is 5.52. The van der Waals surface area contributed by atoms with Gasteiger partial charge in [0.1, 0.15) is 4.88 Å². The van der Waals surface area contributed by atoms with Gasteiger partial charge in [-0.3, -0.25) is 0 Å². The van der Waals surface area contributed by atoms with Crippen LogP contribution in [0.25, 0.3) is 9.88 Å².